The maximum Gasteiger partial charge on any atom is 0.226 e. The molecule has 1 aliphatic carbocycles. The van der Waals surface area contributed by atoms with Gasteiger partial charge in [-0.15, -0.1) is 11.3 Å². The van der Waals surface area contributed by atoms with Crippen LogP contribution in [0.1, 0.15) is 50.3 Å². The van der Waals surface area contributed by atoms with Gasteiger partial charge in [0.15, 0.2) is 4.80 Å². The first-order chi connectivity index (χ1) is 15.7. The molecule has 1 heterocycles. The van der Waals surface area contributed by atoms with Gasteiger partial charge in [0.05, 0.1) is 12.5 Å². The zero-order chi connectivity index (χ0) is 22.2. The summed E-state index contributed by atoms with van der Waals surface area (Å²) in [5, 5.41) is 5.12. The number of amides is 1. The number of hydrogen-bond donors (Lipinski definition) is 1. The van der Waals surface area contributed by atoms with E-state index in [1.54, 1.807) is 11.3 Å². The number of nitrogens with zero attached hydrogens (tertiary/aromatic N) is 2. The van der Waals surface area contributed by atoms with Crippen LogP contribution in [0.5, 0.6) is 11.5 Å². The molecule has 32 heavy (non-hydrogen) atoms. The monoisotopic (exact) mass is 449 g/mol. The molecular formula is C26H31N3O2S. The van der Waals surface area contributed by atoms with Crippen molar-refractivity contribution in [3.63, 3.8) is 0 Å². The van der Waals surface area contributed by atoms with Crippen molar-refractivity contribution in [1.29, 1.82) is 0 Å². The molecule has 168 valence electrons. The normalized spacial score (nSPS) is 15.0. The maximum absolute atomic E-state index is 12.6. The molecule has 0 atom stereocenters. The Morgan fingerprint density at radius 2 is 1.78 bits per heavy atom. The van der Waals surface area contributed by atoms with Gasteiger partial charge in [0.25, 0.3) is 0 Å². The fraction of sp³-hybridized carbons (Fsp3) is 0.385. The Hall–Kier alpha value is -2.86. The van der Waals surface area contributed by atoms with Gasteiger partial charge in [-0.25, -0.2) is 0 Å². The standard InChI is InChI=1S/C26H31N3O2S/c1-2-29-22(19-32-26(29)28-21-9-5-3-6-10-21)17-25(30)27-18-20-13-15-24(16-14-20)31-23-11-7-4-8-12-23/h4,7-8,11-16,19,21H,2-3,5-6,9-10,17-18H2,1H3,(H,27,30). The van der Waals surface area contributed by atoms with Crippen LogP contribution >= 0.6 is 11.3 Å². The Morgan fingerprint density at radius 3 is 2.50 bits per heavy atom. The summed E-state index contributed by atoms with van der Waals surface area (Å²) in [6, 6.07) is 18.0. The van der Waals surface area contributed by atoms with Gasteiger partial charge in [-0.05, 0) is 49.6 Å². The van der Waals surface area contributed by atoms with E-state index in [9.17, 15) is 4.79 Å². The fourth-order valence-electron chi connectivity index (χ4n) is 4.04. The Bertz CT molecular complexity index is 1060. The average Bonchev–Trinajstić information content (AvgIpc) is 3.20. The van der Waals surface area contributed by atoms with E-state index in [2.05, 4.69) is 22.2 Å². The van der Waals surface area contributed by atoms with Crippen LogP contribution in [0.2, 0.25) is 0 Å². The van der Waals surface area contributed by atoms with Crippen LogP contribution in [-0.4, -0.2) is 16.5 Å². The SMILES string of the molecule is CCn1c(CC(=O)NCc2ccc(Oc3ccccc3)cc2)csc1=NC1CCCCC1. The van der Waals surface area contributed by atoms with Crippen molar-refractivity contribution in [2.45, 2.75) is 64.6 Å². The van der Waals surface area contributed by atoms with E-state index in [1.165, 1.54) is 32.1 Å². The number of hydrogen-bond acceptors (Lipinski definition) is 4. The quantitative estimate of drug-likeness (QED) is 0.497. The molecule has 0 aliphatic heterocycles. The lowest BCUT2D eigenvalue weighted by Gasteiger charge is -2.17. The minimum atomic E-state index is 0.0267. The predicted octanol–water partition coefficient (Wildman–Crippen LogP) is 5.45. The van der Waals surface area contributed by atoms with Crippen LogP contribution in [0.4, 0.5) is 0 Å². The maximum atomic E-state index is 12.6. The summed E-state index contributed by atoms with van der Waals surface area (Å²) in [5.41, 5.74) is 2.08. The summed E-state index contributed by atoms with van der Waals surface area (Å²) in [6.07, 6.45) is 6.64. The molecule has 1 N–H and O–H groups in total. The smallest absolute Gasteiger partial charge is 0.226 e. The molecule has 1 amide bonds. The molecule has 3 aromatic rings. The van der Waals surface area contributed by atoms with Crippen LogP contribution in [0.15, 0.2) is 65.0 Å². The third-order valence-corrected chi connectivity index (χ3v) is 6.72. The van der Waals surface area contributed by atoms with Gasteiger partial charge in [-0.2, -0.15) is 0 Å². The zero-order valence-corrected chi connectivity index (χ0v) is 19.4. The highest BCUT2D eigenvalue weighted by molar-refractivity contribution is 7.07. The van der Waals surface area contributed by atoms with Crippen molar-refractivity contribution in [3.05, 3.63) is 76.0 Å². The van der Waals surface area contributed by atoms with E-state index >= 15 is 0 Å². The first kappa shape index (κ1) is 22.3. The highest BCUT2D eigenvalue weighted by Gasteiger charge is 2.14. The average molecular weight is 450 g/mol. The number of rotatable bonds is 8. The molecular weight excluding hydrogens is 418 g/mol. The Balaban J connectivity index is 1.31. The molecule has 0 bridgehead atoms. The molecule has 2 aromatic carbocycles. The molecule has 1 fully saturated rings. The second kappa shape index (κ2) is 11.1. The molecule has 6 heteroatoms. The highest BCUT2D eigenvalue weighted by Crippen LogP contribution is 2.21. The van der Waals surface area contributed by atoms with Crippen molar-refractivity contribution in [2.24, 2.45) is 4.99 Å². The molecule has 4 rings (SSSR count). The van der Waals surface area contributed by atoms with Crippen LogP contribution in [-0.2, 0) is 24.3 Å². The lowest BCUT2D eigenvalue weighted by molar-refractivity contribution is -0.120. The molecule has 1 aromatic heterocycles. The third kappa shape index (κ3) is 6.10. The Kier molecular flexibility index (Phi) is 7.77. The van der Waals surface area contributed by atoms with E-state index in [0.29, 0.717) is 19.0 Å². The van der Waals surface area contributed by atoms with Crippen molar-refractivity contribution < 1.29 is 9.53 Å². The van der Waals surface area contributed by atoms with E-state index in [-0.39, 0.29) is 5.91 Å². The minimum absolute atomic E-state index is 0.0267. The molecule has 0 saturated heterocycles. The second-order valence-electron chi connectivity index (χ2n) is 8.19. The summed E-state index contributed by atoms with van der Waals surface area (Å²) in [5.74, 6) is 1.62. The molecule has 1 aliphatic rings. The topological polar surface area (TPSA) is 55.6 Å². The number of para-hydroxylation sites is 1. The van der Waals surface area contributed by atoms with Crippen LogP contribution < -0.4 is 14.9 Å². The predicted molar refractivity (Wildman–Crippen MR) is 129 cm³/mol. The van der Waals surface area contributed by atoms with E-state index in [0.717, 1.165) is 34.1 Å². The van der Waals surface area contributed by atoms with E-state index in [4.69, 9.17) is 9.73 Å². The van der Waals surface area contributed by atoms with Gasteiger partial charge < -0.3 is 14.6 Å². The number of benzene rings is 2. The van der Waals surface area contributed by atoms with Gasteiger partial charge in [0.2, 0.25) is 5.91 Å². The van der Waals surface area contributed by atoms with Crippen LogP contribution in [0, 0.1) is 0 Å². The van der Waals surface area contributed by atoms with Crippen LogP contribution in [0.3, 0.4) is 0 Å². The minimum Gasteiger partial charge on any atom is -0.457 e. The molecule has 5 nitrogen and oxygen atoms in total. The van der Waals surface area contributed by atoms with Crippen molar-refractivity contribution >= 4 is 17.2 Å². The number of carbonyl (C=O) groups excluding carboxylic acids is 1. The van der Waals surface area contributed by atoms with E-state index in [1.807, 2.05) is 54.6 Å². The molecule has 1 saturated carbocycles. The van der Waals surface area contributed by atoms with Gasteiger partial charge >= 0.3 is 0 Å². The Morgan fingerprint density at radius 1 is 1.06 bits per heavy atom. The molecule has 0 unspecified atom stereocenters. The summed E-state index contributed by atoms with van der Waals surface area (Å²) in [7, 11) is 0. The van der Waals surface area contributed by atoms with E-state index < -0.39 is 0 Å². The zero-order valence-electron chi connectivity index (χ0n) is 18.6. The molecule has 0 radical (unpaired) electrons. The second-order valence-corrected chi connectivity index (χ2v) is 9.02. The highest BCUT2D eigenvalue weighted by atomic mass is 32.1. The van der Waals surface area contributed by atoms with Crippen molar-refractivity contribution in [2.75, 3.05) is 0 Å². The number of aromatic nitrogens is 1. The molecule has 0 spiro atoms. The van der Waals surface area contributed by atoms with Gasteiger partial charge in [-0.1, -0.05) is 49.6 Å². The third-order valence-electron chi connectivity index (χ3n) is 5.80. The summed E-state index contributed by atoms with van der Waals surface area (Å²) < 4.78 is 8.01. The summed E-state index contributed by atoms with van der Waals surface area (Å²) in [6.45, 7) is 3.45. The Labute approximate surface area is 193 Å². The number of thiazole rings is 1. The lowest BCUT2D eigenvalue weighted by atomic mass is 9.96. The number of ether oxygens (including phenoxy) is 1. The van der Waals surface area contributed by atoms with Crippen LogP contribution in [0.25, 0.3) is 0 Å². The van der Waals surface area contributed by atoms with Gasteiger partial charge in [0.1, 0.15) is 11.5 Å². The number of nitrogens with one attached hydrogen (secondary N) is 1. The van der Waals surface area contributed by atoms with Gasteiger partial charge in [0, 0.05) is 24.2 Å². The summed E-state index contributed by atoms with van der Waals surface area (Å²) in [4.78, 5) is 18.6. The largest absolute Gasteiger partial charge is 0.457 e. The van der Waals surface area contributed by atoms with Crippen molar-refractivity contribution in [1.82, 2.24) is 9.88 Å². The first-order valence-electron chi connectivity index (χ1n) is 11.5. The lowest BCUT2D eigenvalue weighted by Crippen LogP contribution is -2.27. The van der Waals surface area contributed by atoms with Gasteiger partial charge in [-0.3, -0.25) is 9.79 Å². The van der Waals surface area contributed by atoms with Crippen molar-refractivity contribution in [3.8, 4) is 11.5 Å². The first-order valence-corrected chi connectivity index (χ1v) is 12.4. The summed E-state index contributed by atoms with van der Waals surface area (Å²) >= 11 is 1.66. The number of carbonyl (C=O) groups is 1. The fourth-order valence-corrected chi connectivity index (χ4v) is 5.08.